The molecule has 1 aromatic carbocycles. The van der Waals surface area contributed by atoms with Gasteiger partial charge in [-0.2, -0.15) is 0 Å². The lowest BCUT2D eigenvalue weighted by atomic mass is 10.2. The Labute approximate surface area is 126 Å². The van der Waals surface area contributed by atoms with E-state index in [1.54, 1.807) is 7.11 Å². The van der Waals surface area contributed by atoms with E-state index in [1.807, 2.05) is 6.07 Å². The third-order valence-electron chi connectivity index (χ3n) is 2.78. The van der Waals surface area contributed by atoms with Crippen molar-refractivity contribution in [3.63, 3.8) is 0 Å². The van der Waals surface area contributed by atoms with Crippen LogP contribution in [0.3, 0.4) is 0 Å². The Kier molecular flexibility index (Phi) is 8.98. The predicted molar refractivity (Wildman–Crippen MR) is 81.2 cm³/mol. The van der Waals surface area contributed by atoms with Crippen LogP contribution in [-0.2, 0) is 16.0 Å². The van der Waals surface area contributed by atoms with E-state index < -0.39 is 0 Å². The SMILES string of the molecule is COCCCOCCOc1cc(F)cc(CNC(C)C)c1. The molecule has 1 N–H and O–H groups in total. The third-order valence-corrected chi connectivity index (χ3v) is 2.78. The highest BCUT2D eigenvalue weighted by Gasteiger charge is 2.03. The number of nitrogens with one attached hydrogen (secondary N) is 1. The molecule has 0 saturated carbocycles. The molecule has 0 fully saturated rings. The van der Waals surface area contributed by atoms with Gasteiger partial charge in [0.05, 0.1) is 6.61 Å². The van der Waals surface area contributed by atoms with Crippen LogP contribution in [-0.4, -0.2) is 39.6 Å². The maximum absolute atomic E-state index is 13.5. The molecule has 0 unspecified atom stereocenters. The molecule has 1 aromatic rings. The topological polar surface area (TPSA) is 39.7 Å². The van der Waals surface area contributed by atoms with Gasteiger partial charge < -0.3 is 19.5 Å². The highest BCUT2D eigenvalue weighted by Crippen LogP contribution is 2.16. The molecule has 120 valence electrons. The normalized spacial score (nSPS) is 11.1. The monoisotopic (exact) mass is 299 g/mol. The summed E-state index contributed by atoms with van der Waals surface area (Å²) in [7, 11) is 1.67. The second-order valence-electron chi connectivity index (χ2n) is 5.14. The summed E-state index contributed by atoms with van der Waals surface area (Å²) in [6.07, 6.45) is 0.863. The third kappa shape index (κ3) is 8.65. The molecule has 21 heavy (non-hydrogen) atoms. The van der Waals surface area contributed by atoms with Crippen LogP contribution in [0, 0.1) is 5.82 Å². The molecule has 0 bridgehead atoms. The Bertz CT molecular complexity index is 399. The van der Waals surface area contributed by atoms with Gasteiger partial charge >= 0.3 is 0 Å². The Hall–Kier alpha value is -1.17. The summed E-state index contributed by atoms with van der Waals surface area (Å²) in [6, 6.07) is 5.12. The summed E-state index contributed by atoms with van der Waals surface area (Å²) >= 11 is 0. The minimum Gasteiger partial charge on any atom is -0.491 e. The van der Waals surface area contributed by atoms with Crippen LogP contribution < -0.4 is 10.1 Å². The Balaban J connectivity index is 2.30. The van der Waals surface area contributed by atoms with E-state index in [2.05, 4.69) is 19.2 Å². The van der Waals surface area contributed by atoms with Gasteiger partial charge in [0.25, 0.3) is 0 Å². The first-order valence-electron chi connectivity index (χ1n) is 7.34. The first kappa shape index (κ1) is 17.9. The molecule has 4 nitrogen and oxygen atoms in total. The van der Waals surface area contributed by atoms with Crippen molar-refractivity contribution in [3.05, 3.63) is 29.6 Å². The number of ether oxygens (including phenoxy) is 3. The van der Waals surface area contributed by atoms with Crippen molar-refractivity contribution in [2.75, 3.05) is 33.5 Å². The van der Waals surface area contributed by atoms with E-state index in [4.69, 9.17) is 14.2 Å². The van der Waals surface area contributed by atoms with Crippen LogP contribution in [0.5, 0.6) is 5.75 Å². The first-order valence-corrected chi connectivity index (χ1v) is 7.34. The van der Waals surface area contributed by atoms with Gasteiger partial charge in [0.1, 0.15) is 18.2 Å². The average Bonchev–Trinajstić information content (AvgIpc) is 2.44. The van der Waals surface area contributed by atoms with Crippen molar-refractivity contribution in [2.24, 2.45) is 0 Å². The largest absolute Gasteiger partial charge is 0.491 e. The van der Waals surface area contributed by atoms with E-state index in [0.29, 0.717) is 44.8 Å². The molecule has 0 spiro atoms. The number of halogens is 1. The number of benzene rings is 1. The zero-order valence-electron chi connectivity index (χ0n) is 13.2. The molecule has 0 heterocycles. The molecule has 1 rings (SSSR count). The predicted octanol–water partition coefficient (Wildman–Crippen LogP) is 2.76. The number of rotatable bonds is 11. The van der Waals surface area contributed by atoms with Gasteiger partial charge in [-0.15, -0.1) is 0 Å². The van der Waals surface area contributed by atoms with Gasteiger partial charge in [-0.1, -0.05) is 13.8 Å². The van der Waals surface area contributed by atoms with Gasteiger partial charge in [0.2, 0.25) is 0 Å². The van der Waals surface area contributed by atoms with Crippen LogP contribution >= 0.6 is 0 Å². The summed E-state index contributed by atoms with van der Waals surface area (Å²) in [6.45, 7) is 6.96. The molecular weight excluding hydrogens is 273 g/mol. The Morgan fingerprint density at radius 2 is 1.90 bits per heavy atom. The van der Waals surface area contributed by atoms with E-state index in [0.717, 1.165) is 12.0 Å². The van der Waals surface area contributed by atoms with Gasteiger partial charge in [-0.3, -0.25) is 0 Å². The van der Waals surface area contributed by atoms with Crippen LogP contribution in [0.2, 0.25) is 0 Å². The second kappa shape index (κ2) is 10.5. The molecular formula is C16H26FNO3. The number of hydrogen-bond donors (Lipinski definition) is 1. The van der Waals surface area contributed by atoms with E-state index in [9.17, 15) is 4.39 Å². The summed E-state index contributed by atoms with van der Waals surface area (Å²) in [5, 5.41) is 3.25. The highest BCUT2D eigenvalue weighted by atomic mass is 19.1. The molecule has 0 saturated heterocycles. The van der Waals surface area contributed by atoms with Crippen molar-refractivity contribution < 1.29 is 18.6 Å². The van der Waals surface area contributed by atoms with Gasteiger partial charge in [-0.25, -0.2) is 4.39 Å². The lowest BCUT2D eigenvalue weighted by molar-refractivity contribution is 0.0805. The molecule has 0 amide bonds. The van der Waals surface area contributed by atoms with Gasteiger partial charge in [0.15, 0.2) is 0 Å². The molecule has 0 aliphatic heterocycles. The maximum atomic E-state index is 13.5. The van der Waals surface area contributed by atoms with Crippen LogP contribution in [0.15, 0.2) is 18.2 Å². The molecule has 0 radical (unpaired) electrons. The fourth-order valence-corrected chi connectivity index (χ4v) is 1.75. The van der Waals surface area contributed by atoms with Crippen molar-refractivity contribution in [2.45, 2.75) is 32.9 Å². The standard InChI is InChI=1S/C16H26FNO3/c1-13(2)18-12-14-9-15(17)11-16(10-14)21-8-7-20-6-4-5-19-3/h9-11,13,18H,4-8,12H2,1-3H3. The zero-order chi connectivity index (χ0) is 15.5. The molecule has 5 heteroatoms. The smallest absolute Gasteiger partial charge is 0.127 e. The molecule has 0 aromatic heterocycles. The van der Waals surface area contributed by atoms with Crippen molar-refractivity contribution in [3.8, 4) is 5.75 Å². The summed E-state index contributed by atoms with van der Waals surface area (Å²) in [4.78, 5) is 0. The molecule has 0 aliphatic carbocycles. The van der Waals surface area contributed by atoms with Crippen molar-refractivity contribution in [1.82, 2.24) is 5.32 Å². The Morgan fingerprint density at radius 3 is 2.62 bits per heavy atom. The van der Waals surface area contributed by atoms with Crippen LogP contribution in [0.4, 0.5) is 4.39 Å². The van der Waals surface area contributed by atoms with Crippen LogP contribution in [0.1, 0.15) is 25.8 Å². The fourth-order valence-electron chi connectivity index (χ4n) is 1.75. The average molecular weight is 299 g/mol. The maximum Gasteiger partial charge on any atom is 0.127 e. The van der Waals surface area contributed by atoms with E-state index in [-0.39, 0.29) is 5.82 Å². The van der Waals surface area contributed by atoms with Crippen LogP contribution in [0.25, 0.3) is 0 Å². The lowest BCUT2D eigenvalue weighted by Crippen LogP contribution is -2.21. The summed E-state index contributed by atoms with van der Waals surface area (Å²) < 4.78 is 29.3. The molecule has 0 atom stereocenters. The number of hydrogen-bond acceptors (Lipinski definition) is 4. The number of methoxy groups -OCH3 is 1. The fraction of sp³-hybridized carbons (Fsp3) is 0.625. The van der Waals surface area contributed by atoms with E-state index in [1.165, 1.54) is 12.1 Å². The summed E-state index contributed by atoms with van der Waals surface area (Å²) in [5.41, 5.74) is 0.875. The zero-order valence-corrected chi connectivity index (χ0v) is 13.2. The lowest BCUT2D eigenvalue weighted by Gasteiger charge is -2.11. The first-order chi connectivity index (χ1) is 10.1. The highest BCUT2D eigenvalue weighted by molar-refractivity contribution is 5.29. The minimum absolute atomic E-state index is 0.283. The minimum atomic E-state index is -0.283. The quantitative estimate of drug-likeness (QED) is 0.638. The molecule has 0 aliphatic rings. The van der Waals surface area contributed by atoms with E-state index >= 15 is 0 Å². The van der Waals surface area contributed by atoms with Gasteiger partial charge in [-0.05, 0) is 24.1 Å². The Morgan fingerprint density at radius 1 is 1.10 bits per heavy atom. The second-order valence-corrected chi connectivity index (χ2v) is 5.14. The summed E-state index contributed by atoms with van der Waals surface area (Å²) in [5.74, 6) is 0.255. The van der Waals surface area contributed by atoms with Gasteiger partial charge in [0, 0.05) is 39.0 Å². The van der Waals surface area contributed by atoms with Crippen molar-refractivity contribution >= 4 is 0 Å². The van der Waals surface area contributed by atoms with Crippen molar-refractivity contribution in [1.29, 1.82) is 0 Å².